The predicted octanol–water partition coefficient (Wildman–Crippen LogP) is 8.62. The van der Waals surface area contributed by atoms with Gasteiger partial charge in [0.05, 0.1) is 18.1 Å². The van der Waals surface area contributed by atoms with Crippen LogP contribution in [0.25, 0.3) is 6.08 Å². The van der Waals surface area contributed by atoms with Crippen LogP contribution in [0.2, 0.25) is 0 Å². The first kappa shape index (κ1) is 33.1. The third kappa shape index (κ3) is 13.2. The quantitative estimate of drug-likeness (QED) is 0.0840. The second kappa shape index (κ2) is 19.9. The van der Waals surface area contributed by atoms with E-state index in [9.17, 15) is 9.59 Å². The first-order valence-corrected chi connectivity index (χ1v) is 16.1. The number of thiocarbonyl (C=S) groups is 1. The topological polar surface area (TPSA) is 76.1 Å². The number of ether oxygens (including phenoxy) is 2. The average Bonchev–Trinajstić information content (AvgIpc) is 3.17. The molecule has 1 N–H and O–H groups in total. The smallest absolute Gasteiger partial charge is 0.303 e. The van der Waals surface area contributed by atoms with Gasteiger partial charge in [-0.05, 0) is 50.0 Å². The van der Waals surface area contributed by atoms with Gasteiger partial charge in [-0.1, -0.05) is 108 Å². The number of hydrogen-bond acceptors (Lipinski definition) is 6. The molecule has 1 aliphatic rings. The van der Waals surface area contributed by atoms with Gasteiger partial charge in [0.25, 0.3) is 5.91 Å². The van der Waals surface area contributed by atoms with Crippen molar-refractivity contribution in [1.82, 2.24) is 4.90 Å². The fourth-order valence-corrected chi connectivity index (χ4v) is 5.83. The Labute approximate surface area is 244 Å². The molecule has 2 rings (SSSR count). The van der Waals surface area contributed by atoms with E-state index in [1.807, 2.05) is 31.2 Å². The monoisotopic (exact) mass is 577 g/mol. The number of unbranched alkanes of at least 4 members (excludes halogenated alkanes) is 12. The number of carbonyl (C=O) groups is 2. The van der Waals surface area contributed by atoms with Gasteiger partial charge in [0.1, 0.15) is 4.32 Å². The van der Waals surface area contributed by atoms with E-state index in [0.717, 1.165) is 69.1 Å². The molecule has 1 saturated heterocycles. The van der Waals surface area contributed by atoms with Gasteiger partial charge in [-0.15, -0.1) is 0 Å². The SMILES string of the molecule is CCCCCCCCOc1ccc(/C=C2/SC(=S)N(CCCCCCCCCCC(=O)O)C2=O)cc1OCC. The molecule has 0 spiro atoms. The zero-order chi connectivity index (χ0) is 28.3. The van der Waals surface area contributed by atoms with Crippen molar-refractivity contribution in [3.8, 4) is 11.5 Å². The Kier molecular flexibility index (Phi) is 16.9. The van der Waals surface area contributed by atoms with E-state index in [4.69, 9.17) is 26.8 Å². The number of nitrogens with zero attached hydrogens (tertiary/aromatic N) is 1. The fraction of sp³-hybridized carbons (Fsp3) is 0.645. The molecule has 0 aliphatic carbocycles. The number of carboxylic acids is 1. The number of carboxylic acid groups (broad SMARTS) is 1. The highest BCUT2D eigenvalue weighted by molar-refractivity contribution is 8.26. The highest BCUT2D eigenvalue weighted by atomic mass is 32.2. The average molecular weight is 578 g/mol. The Bertz CT molecular complexity index is 934. The molecule has 1 heterocycles. The van der Waals surface area contributed by atoms with Crippen molar-refractivity contribution in [2.24, 2.45) is 0 Å². The first-order valence-electron chi connectivity index (χ1n) is 14.8. The number of aliphatic carboxylic acids is 1. The van der Waals surface area contributed by atoms with Crippen LogP contribution in [0.4, 0.5) is 0 Å². The molecule has 1 fully saturated rings. The molecular weight excluding hydrogens is 530 g/mol. The van der Waals surface area contributed by atoms with Crippen LogP contribution < -0.4 is 9.47 Å². The maximum atomic E-state index is 13.0. The predicted molar refractivity (Wildman–Crippen MR) is 166 cm³/mol. The third-order valence-electron chi connectivity index (χ3n) is 6.72. The Balaban J connectivity index is 1.78. The summed E-state index contributed by atoms with van der Waals surface area (Å²) in [5, 5.41) is 8.68. The summed E-state index contributed by atoms with van der Waals surface area (Å²) in [6.07, 6.45) is 17.7. The van der Waals surface area contributed by atoms with Crippen molar-refractivity contribution in [2.75, 3.05) is 19.8 Å². The lowest BCUT2D eigenvalue weighted by Gasteiger charge is -2.14. The summed E-state index contributed by atoms with van der Waals surface area (Å²) < 4.78 is 12.5. The maximum absolute atomic E-state index is 13.0. The van der Waals surface area contributed by atoms with Crippen molar-refractivity contribution in [3.05, 3.63) is 28.7 Å². The Morgan fingerprint density at radius 2 is 1.54 bits per heavy atom. The highest BCUT2D eigenvalue weighted by Crippen LogP contribution is 2.35. The molecule has 0 saturated carbocycles. The molecule has 0 unspecified atom stereocenters. The van der Waals surface area contributed by atoms with Crippen molar-refractivity contribution < 1.29 is 24.2 Å². The number of rotatable bonds is 22. The van der Waals surface area contributed by atoms with Crippen molar-refractivity contribution in [2.45, 2.75) is 110 Å². The number of hydrogen-bond donors (Lipinski definition) is 1. The van der Waals surface area contributed by atoms with Crippen LogP contribution in [0.1, 0.15) is 116 Å². The minimum Gasteiger partial charge on any atom is -0.490 e. The van der Waals surface area contributed by atoms with Gasteiger partial charge in [-0.25, -0.2) is 0 Å². The fourth-order valence-electron chi connectivity index (χ4n) is 4.52. The molecule has 6 nitrogen and oxygen atoms in total. The molecule has 0 aromatic heterocycles. The van der Waals surface area contributed by atoms with Crippen LogP contribution in [-0.4, -0.2) is 46.0 Å². The molecule has 1 amide bonds. The molecule has 39 heavy (non-hydrogen) atoms. The van der Waals surface area contributed by atoms with Crippen LogP contribution in [0, 0.1) is 0 Å². The van der Waals surface area contributed by atoms with Crippen LogP contribution in [-0.2, 0) is 9.59 Å². The number of benzene rings is 1. The molecule has 1 aromatic carbocycles. The number of amides is 1. The van der Waals surface area contributed by atoms with E-state index in [2.05, 4.69) is 6.92 Å². The van der Waals surface area contributed by atoms with Gasteiger partial charge in [-0.3, -0.25) is 14.5 Å². The van der Waals surface area contributed by atoms with Crippen molar-refractivity contribution in [1.29, 1.82) is 0 Å². The van der Waals surface area contributed by atoms with Gasteiger partial charge < -0.3 is 14.6 Å². The van der Waals surface area contributed by atoms with Crippen LogP contribution in [0.15, 0.2) is 23.1 Å². The second-order valence-corrected chi connectivity index (χ2v) is 11.7. The minimum absolute atomic E-state index is 0.0233. The number of thioether (sulfide) groups is 1. The normalized spacial score (nSPS) is 14.4. The van der Waals surface area contributed by atoms with E-state index in [0.29, 0.717) is 34.7 Å². The van der Waals surface area contributed by atoms with Crippen LogP contribution >= 0.6 is 24.0 Å². The number of carbonyl (C=O) groups excluding carboxylic acids is 1. The lowest BCUT2D eigenvalue weighted by Crippen LogP contribution is -2.29. The summed E-state index contributed by atoms with van der Waals surface area (Å²) in [5.41, 5.74) is 0.897. The molecule has 1 aliphatic heterocycles. The largest absolute Gasteiger partial charge is 0.490 e. The molecule has 1 aromatic rings. The van der Waals surface area contributed by atoms with Gasteiger partial charge in [0, 0.05) is 13.0 Å². The van der Waals surface area contributed by atoms with Gasteiger partial charge in [0.2, 0.25) is 0 Å². The Morgan fingerprint density at radius 3 is 2.21 bits per heavy atom. The van der Waals surface area contributed by atoms with Crippen molar-refractivity contribution in [3.63, 3.8) is 0 Å². The molecule has 0 bridgehead atoms. The van der Waals surface area contributed by atoms with E-state index < -0.39 is 5.97 Å². The minimum atomic E-state index is -0.711. The summed E-state index contributed by atoms with van der Waals surface area (Å²) in [5.74, 6) is 0.715. The summed E-state index contributed by atoms with van der Waals surface area (Å²) in [6.45, 7) is 6.06. The second-order valence-electron chi connectivity index (χ2n) is 10.1. The molecular formula is C31H47NO5S2. The van der Waals surface area contributed by atoms with E-state index in [1.165, 1.54) is 43.9 Å². The molecule has 218 valence electrons. The molecule has 0 atom stereocenters. The maximum Gasteiger partial charge on any atom is 0.303 e. The summed E-state index contributed by atoms with van der Waals surface area (Å²) in [4.78, 5) is 25.9. The standard InChI is InChI=1S/C31H47NO5S2/c1-3-5-6-7-14-17-22-37-26-20-19-25(23-27(26)36-4-2)24-28-30(35)32(31(38)39-28)21-16-13-11-9-8-10-12-15-18-29(33)34/h19-20,23-24H,3-18,21-22H2,1-2H3,(H,33,34)/b28-24+. The first-order chi connectivity index (χ1) is 19.0. The van der Waals surface area contributed by atoms with E-state index in [-0.39, 0.29) is 12.3 Å². The third-order valence-corrected chi connectivity index (χ3v) is 8.09. The zero-order valence-corrected chi connectivity index (χ0v) is 25.5. The Morgan fingerprint density at radius 1 is 0.897 bits per heavy atom. The van der Waals surface area contributed by atoms with E-state index in [1.54, 1.807) is 4.90 Å². The Hall–Kier alpha value is -2.06. The van der Waals surface area contributed by atoms with Gasteiger partial charge in [-0.2, -0.15) is 0 Å². The van der Waals surface area contributed by atoms with Gasteiger partial charge >= 0.3 is 5.97 Å². The van der Waals surface area contributed by atoms with Crippen molar-refractivity contribution >= 4 is 46.3 Å². The summed E-state index contributed by atoms with van der Waals surface area (Å²) in [6, 6.07) is 5.84. The summed E-state index contributed by atoms with van der Waals surface area (Å²) >= 11 is 6.87. The molecule has 8 heteroatoms. The summed E-state index contributed by atoms with van der Waals surface area (Å²) in [7, 11) is 0. The van der Waals surface area contributed by atoms with Gasteiger partial charge in [0.15, 0.2) is 11.5 Å². The van der Waals surface area contributed by atoms with E-state index >= 15 is 0 Å². The molecule has 0 radical (unpaired) electrons. The van der Waals surface area contributed by atoms with Crippen LogP contribution in [0.3, 0.4) is 0 Å². The van der Waals surface area contributed by atoms with Crippen LogP contribution in [0.5, 0.6) is 11.5 Å². The lowest BCUT2D eigenvalue weighted by atomic mass is 10.1. The highest BCUT2D eigenvalue weighted by Gasteiger charge is 2.31. The zero-order valence-electron chi connectivity index (χ0n) is 23.9. The lowest BCUT2D eigenvalue weighted by molar-refractivity contribution is -0.137.